The molecule has 2 aromatic heterocycles. The average Bonchev–Trinajstić information content (AvgIpc) is 3.16. The van der Waals surface area contributed by atoms with Gasteiger partial charge in [0, 0.05) is 35.2 Å². The van der Waals surface area contributed by atoms with E-state index >= 15 is 0 Å². The van der Waals surface area contributed by atoms with Crippen LogP contribution in [0.4, 0.5) is 4.39 Å². The van der Waals surface area contributed by atoms with Crippen LogP contribution in [0, 0.1) is 12.7 Å². The Bertz CT molecular complexity index is 1120. The summed E-state index contributed by atoms with van der Waals surface area (Å²) in [6, 6.07) is 18.4. The van der Waals surface area contributed by atoms with Crippen molar-refractivity contribution in [3.8, 4) is 0 Å². The second kappa shape index (κ2) is 8.49. The van der Waals surface area contributed by atoms with Crippen molar-refractivity contribution in [1.29, 1.82) is 0 Å². The molecule has 6 heteroatoms. The van der Waals surface area contributed by atoms with E-state index in [4.69, 9.17) is 0 Å². The lowest BCUT2D eigenvalue weighted by Crippen LogP contribution is -2.22. The molecular weight excluding hydrogens is 385 g/mol. The van der Waals surface area contributed by atoms with Crippen LogP contribution in [0.5, 0.6) is 0 Å². The summed E-state index contributed by atoms with van der Waals surface area (Å²) in [5.41, 5.74) is 3.85. The van der Waals surface area contributed by atoms with E-state index in [1.165, 1.54) is 6.07 Å². The molecule has 4 aromatic rings. The van der Waals surface area contributed by atoms with Crippen molar-refractivity contribution < 1.29 is 9.18 Å². The molecule has 0 spiro atoms. The quantitative estimate of drug-likeness (QED) is 0.459. The fourth-order valence-corrected chi connectivity index (χ4v) is 3.73. The zero-order valence-electron chi connectivity index (χ0n) is 15.9. The number of carbonyl (C=O) groups excluding carboxylic acids is 1. The van der Waals surface area contributed by atoms with Crippen LogP contribution in [0.1, 0.15) is 27.2 Å². The Kier molecular flexibility index (Phi) is 5.62. The molecule has 0 atom stereocenters. The highest BCUT2D eigenvalue weighted by molar-refractivity contribution is 7.98. The minimum atomic E-state index is -0.260. The summed E-state index contributed by atoms with van der Waals surface area (Å²) in [5.74, 6) is 0.318. The third-order valence-corrected chi connectivity index (χ3v) is 5.65. The predicted octanol–water partition coefficient (Wildman–Crippen LogP) is 5.00. The van der Waals surface area contributed by atoms with Gasteiger partial charge in [0.25, 0.3) is 5.91 Å². The van der Waals surface area contributed by atoms with Crippen LogP contribution >= 0.6 is 11.8 Å². The van der Waals surface area contributed by atoms with Crippen molar-refractivity contribution in [2.24, 2.45) is 0 Å². The van der Waals surface area contributed by atoms with Crippen LogP contribution in [-0.2, 0) is 12.3 Å². The van der Waals surface area contributed by atoms with Gasteiger partial charge < -0.3 is 9.72 Å². The standard InChI is InChI=1S/C23H20FN3OS/c1-16-5-6-17(12-21(16)24)13-25-23(28)18-7-9-20(10-8-18)29-15-19-14-27-11-3-2-4-22(27)26-19/h2-12,14H,13,15H2,1H3,(H,25,28). The molecule has 0 aliphatic heterocycles. The molecule has 0 radical (unpaired) electrons. The second-order valence-electron chi connectivity index (χ2n) is 6.78. The zero-order chi connectivity index (χ0) is 20.2. The Hall–Kier alpha value is -3.12. The molecule has 0 fully saturated rings. The van der Waals surface area contributed by atoms with E-state index in [0.29, 0.717) is 17.7 Å². The number of thioether (sulfide) groups is 1. The maximum atomic E-state index is 13.6. The van der Waals surface area contributed by atoms with Crippen molar-refractivity contribution in [1.82, 2.24) is 14.7 Å². The number of fused-ring (bicyclic) bond motifs is 1. The lowest BCUT2D eigenvalue weighted by atomic mass is 10.1. The van der Waals surface area contributed by atoms with Crippen LogP contribution < -0.4 is 5.32 Å². The van der Waals surface area contributed by atoms with Crippen LogP contribution in [-0.4, -0.2) is 15.3 Å². The minimum absolute atomic E-state index is 0.178. The molecular formula is C23H20FN3OS. The number of carbonyl (C=O) groups is 1. The first-order valence-corrected chi connectivity index (χ1v) is 10.3. The number of benzene rings is 2. The van der Waals surface area contributed by atoms with Crippen LogP contribution in [0.2, 0.25) is 0 Å². The van der Waals surface area contributed by atoms with Gasteiger partial charge in [-0.05, 0) is 60.5 Å². The highest BCUT2D eigenvalue weighted by atomic mass is 32.2. The third kappa shape index (κ3) is 4.66. The first-order chi connectivity index (χ1) is 14.1. The normalized spacial score (nSPS) is 11.0. The third-order valence-electron chi connectivity index (χ3n) is 4.61. The summed E-state index contributed by atoms with van der Waals surface area (Å²) in [6.45, 7) is 2.01. The Morgan fingerprint density at radius 1 is 1.14 bits per heavy atom. The minimum Gasteiger partial charge on any atom is -0.348 e. The number of rotatable bonds is 6. The molecule has 2 aromatic carbocycles. The topological polar surface area (TPSA) is 46.4 Å². The average molecular weight is 405 g/mol. The lowest BCUT2D eigenvalue weighted by molar-refractivity contribution is 0.0951. The van der Waals surface area contributed by atoms with E-state index in [-0.39, 0.29) is 11.7 Å². The Balaban J connectivity index is 1.33. The first kappa shape index (κ1) is 19.2. The lowest BCUT2D eigenvalue weighted by Gasteiger charge is -2.07. The summed E-state index contributed by atoms with van der Waals surface area (Å²) < 4.78 is 15.6. The van der Waals surface area contributed by atoms with Gasteiger partial charge in [-0.15, -0.1) is 11.8 Å². The summed E-state index contributed by atoms with van der Waals surface area (Å²) in [6.07, 6.45) is 4.01. The number of aryl methyl sites for hydroxylation is 1. The molecule has 4 nitrogen and oxygen atoms in total. The van der Waals surface area contributed by atoms with Crippen molar-refractivity contribution >= 4 is 23.3 Å². The smallest absolute Gasteiger partial charge is 0.251 e. The number of hydrogen-bond acceptors (Lipinski definition) is 3. The van der Waals surface area contributed by atoms with Crippen LogP contribution in [0.3, 0.4) is 0 Å². The van der Waals surface area contributed by atoms with Gasteiger partial charge in [0.2, 0.25) is 0 Å². The largest absolute Gasteiger partial charge is 0.348 e. The molecule has 1 N–H and O–H groups in total. The van der Waals surface area contributed by atoms with Gasteiger partial charge in [-0.2, -0.15) is 0 Å². The molecule has 0 aliphatic rings. The van der Waals surface area contributed by atoms with E-state index in [1.807, 2.05) is 53.2 Å². The first-order valence-electron chi connectivity index (χ1n) is 9.27. The number of hydrogen-bond donors (Lipinski definition) is 1. The number of halogens is 1. The molecule has 29 heavy (non-hydrogen) atoms. The van der Waals surface area contributed by atoms with E-state index in [2.05, 4.69) is 10.3 Å². The second-order valence-corrected chi connectivity index (χ2v) is 7.83. The molecule has 0 unspecified atom stereocenters. The molecule has 0 aliphatic carbocycles. The molecule has 4 rings (SSSR count). The van der Waals surface area contributed by atoms with Crippen molar-refractivity contribution in [2.75, 3.05) is 0 Å². The highest BCUT2D eigenvalue weighted by Gasteiger charge is 2.07. The van der Waals surface area contributed by atoms with Gasteiger partial charge in [-0.1, -0.05) is 18.2 Å². The van der Waals surface area contributed by atoms with E-state index in [1.54, 1.807) is 36.9 Å². The molecule has 0 saturated carbocycles. The SMILES string of the molecule is Cc1ccc(CNC(=O)c2ccc(SCc3cn4ccccc4n3)cc2)cc1F. The van der Waals surface area contributed by atoms with Gasteiger partial charge in [0.1, 0.15) is 11.5 Å². The maximum absolute atomic E-state index is 13.6. The summed E-state index contributed by atoms with van der Waals surface area (Å²) in [7, 11) is 0. The number of pyridine rings is 1. The van der Waals surface area contributed by atoms with Crippen molar-refractivity contribution in [3.05, 3.63) is 101 Å². The van der Waals surface area contributed by atoms with Gasteiger partial charge in [-0.25, -0.2) is 9.37 Å². The number of nitrogens with zero attached hydrogens (tertiary/aromatic N) is 2. The summed E-state index contributed by atoms with van der Waals surface area (Å²) in [5, 5.41) is 2.83. The number of imidazole rings is 1. The maximum Gasteiger partial charge on any atom is 0.251 e. The fourth-order valence-electron chi connectivity index (χ4n) is 2.95. The van der Waals surface area contributed by atoms with Crippen LogP contribution in [0.15, 0.2) is 78.0 Å². The molecule has 2 heterocycles. The van der Waals surface area contributed by atoms with Crippen molar-refractivity contribution in [3.63, 3.8) is 0 Å². The van der Waals surface area contributed by atoms with Gasteiger partial charge in [0.15, 0.2) is 0 Å². The molecule has 0 saturated heterocycles. The van der Waals surface area contributed by atoms with Gasteiger partial charge >= 0.3 is 0 Å². The molecule has 0 bridgehead atoms. The van der Waals surface area contributed by atoms with E-state index in [0.717, 1.165) is 27.6 Å². The number of aromatic nitrogens is 2. The van der Waals surface area contributed by atoms with Gasteiger partial charge in [0.05, 0.1) is 5.69 Å². The zero-order valence-corrected chi connectivity index (χ0v) is 16.7. The fraction of sp³-hybridized carbons (Fsp3) is 0.130. The highest BCUT2D eigenvalue weighted by Crippen LogP contribution is 2.23. The van der Waals surface area contributed by atoms with Crippen molar-refractivity contribution in [2.45, 2.75) is 24.1 Å². The Morgan fingerprint density at radius 3 is 2.72 bits per heavy atom. The molecule has 146 valence electrons. The Morgan fingerprint density at radius 2 is 1.97 bits per heavy atom. The van der Waals surface area contributed by atoms with E-state index < -0.39 is 0 Å². The van der Waals surface area contributed by atoms with Gasteiger partial charge in [-0.3, -0.25) is 4.79 Å². The summed E-state index contributed by atoms with van der Waals surface area (Å²) >= 11 is 1.67. The summed E-state index contributed by atoms with van der Waals surface area (Å²) in [4.78, 5) is 18.0. The number of amides is 1. The van der Waals surface area contributed by atoms with Crippen LogP contribution in [0.25, 0.3) is 5.65 Å². The predicted molar refractivity (Wildman–Crippen MR) is 114 cm³/mol. The Labute approximate surface area is 172 Å². The monoisotopic (exact) mass is 405 g/mol. The van der Waals surface area contributed by atoms with E-state index in [9.17, 15) is 9.18 Å². The number of nitrogens with one attached hydrogen (secondary N) is 1. The molecule has 1 amide bonds.